The van der Waals surface area contributed by atoms with Gasteiger partial charge in [-0.05, 0) is 61.1 Å². The number of nitrogens with zero attached hydrogens (tertiary/aromatic N) is 1. The zero-order valence-corrected chi connectivity index (χ0v) is 16.9. The molecule has 1 saturated heterocycles. The van der Waals surface area contributed by atoms with Crippen LogP contribution in [0.5, 0.6) is 0 Å². The first kappa shape index (κ1) is 21.1. The zero-order valence-electron chi connectivity index (χ0n) is 16.2. The molecule has 1 aliphatic heterocycles. The first-order valence-electron chi connectivity index (χ1n) is 9.82. The molecule has 2 aromatic rings. The van der Waals surface area contributed by atoms with Crippen LogP contribution in [0.2, 0.25) is 5.02 Å². The van der Waals surface area contributed by atoms with Crippen LogP contribution >= 0.6 is 11.6 Å². The molecule has 3 amide bonds. The molecule has 1 aliphatic rings. The van der Waals surface area contributed by atoms with Gasteiger partial charge in [0.25, 0.3) is 0 Å². The Morgan fingerprint density at radius 2 is 2.00 bits per heavy atom. The van der Waals surface area contributed by atoms with Crippen molar-refractivity contribution in [1.29, 1.82) is 0 Å². The first-order chi connectivity index (χ1) is 14.0. The van der Waals surface area contributed by atoms with Crippen LogP contribution in [0.1, 0.15) is 31.2 Å². The molecule has 1 atom stereocenters. The van der Waals surface area contributed by atoms with E-state index in [2.05, 4.69) is 10.6 Å². The number of likely N-dealkylation sites (tertiary alicyclic amines) is 1. The van der Waals surface area contributed by atoms with Crippen molar-refractivity contribution < 1.29 is 14.0 Å². The first-order valence-corrected chi connectivity index (χ1v) is 10.2. The summed E-state index contributed by atoms with van der Waals surface area (Å²) in [6, 6.07) is 13.0. The Labute approximate surface area is 175 Å². The van der Waals surface area contributed by atoms with Crippen LogP contribution in [0.25, 0.3) is 0 Å². The maximum atomic E-state index is 13.3. The number of urea groups is 1. The molecular formula is C22H25ClFN3O2. The van der Waals surface area contributed by atoms with Crippen molar-refractivity contribution in [3.05, 3.63) is 64.9 Å². The second kappa shape index (κ2) is 10.3. The number of carbonyl (C=O) groups is 2. The topological polar surface area (TPSA) is 61.4 Å². The van der Waals surface area contributed by atoms with E-state index in [4.69, 9.17) is 11.6 Å². The fourth-order valence-electron chi connectivity index (χ4n) is 3.53. The summed E-state index contributed by atoms with van der Waals surface area (Å²) in [5.41, 5.74) is 1.40. The zero-order chi connectivity index (χ0) is 20.6. The number of piperidine rings is 1. The molecule has 154 valence electrons. The number of halogens is 2. The normalized spacial score (nSPS) is 16.3. The third-order valence-corrected chi connectivity index (χ3v) is 5.28. The largest absolute Gasteiger partial charge is 0.352 e. The van der Waals surface area contributed by atoms with Gasteiger partial charge in [0, 0.05) is 36.8 Å². The summed E-state index contributed by atoms with van der Waals surface area (Å²) in [5, 5.41) is 6.30. The Morgan fingerprint density at radius 1 is 1.17 bits per heavy atom. The third kappa shape index (κ3) is 6.75. The smallest absolute Gasteiger partial charge is 0.321 e. The van der Waals surface area contributed by atoms with Gasteiger partial charge in [-0.15, -0.1) is 0 Å². The van der Waals surface area contributed by atoms with Crippen LogP contribution in [-0.2, 0) is 11.3 Å². The van der Waals surface area contributed by atoms with E-state index in [9.17, 15) is 14.0 Å². The fraction of sp³-hybridized carbons (Fsp3) is 0.364. The minimum absolute atomic E-state index is 0.00805. The molecule has 0 aliphatic carbocycles. The molecule has 29 heavy (non-hydrogen) atoms. The maximum Gasteiger partial charge on any atom is 0.321 e. The van der Waals surface area contributed by atoms with Crippen LogP contribution in [0, 0.1) is 11.7 Å². The molecule has 7 heteroatoms. The summed E-state index contributed by atoms with van der Waals surface area (Å²) in [4.78, 5) is 26.4. The highest BCUT2D eigenvalue weighted by molar-refractivity contribution is 6.30. The molecule has 5 nitrogen and oxygen atoms in total. The highest BCUT2D eigenvalue weighted by atomic mass is 35.5. The Bertz CT molecular complexity index is 861. The average molecular weight is 418 g/mol. The molecule has 1 fully saturated rings. The van der Waals surface area contributed by atoms with Crippen molar-refractivity contribution in [3.63, 3.8) is 0 Å². The van der Waals surface area contributed by atoms with E-state index >= 15 is 0 Å². The van der Waals surface area contributed by atoms with E-state index in [1.807, 2.05) is 18.2 Å². The number of hydrogen-bond acceptors (Lipinski definition) is 2. The van der Waals surface area contributed by atoms with Crippen molar-refractivity contribution >= 4 is 29.2 Å². The molecule has 2 N–H and O–H groups in total. The second-order valence-electron chi connectivity index (χ2n) is 7.34. The molecule has 2 aromatic carbocycles. The van der Waals surface area contributed by atoms with Crippen LogP contribution in [-0.4, -0.2) is 29.9 Å². The van der Waals surface area contributed by atoms with Gasteiger partial charge in [0.1, 0.15) is 5.82 Å². The summed E-state index contributed by atoms with van der Waals surface area (Å²) in [6.07, 6.45) is 3.03. The van der Waals surface area contributed by atoms with E-state index < -0.39 is 0 Å². The van der Waals surface area contributed by atoms with Crippen LogP contribution in [0.3, 0.4) is 0 Å². The molecular weight excluding hydrogens is 393 g/mol. The summed E-state index contributed by atoms with van der Waals surface area (Å²) >= 11 is 5.95. The third-order valence-electron chi connectivity index (χ3n) is 5.04. The number of nitrogens with one attached hydrogen (secondary N) is 2. The average Bonchev–Trinajstić information content (AvgIpc) is 2.71. The van der Waals surface area contributed by atoms with E-state index in [-0.39, 0.29) is 23.7 Å². The van der Waals surface area contributed by atoms with Crippen molar-refractivity contribution in [1.82, 2.24) is 10.2 Å². The van der Waals surface area contributed by atoms with E-state index in [0.717, 1.165) is 24.8 Å². The quantitative estimate of drug-likeness (QED) is 0.707. The SMILES string of the molecule is O=C(CCC1CCCN(C(=O)Nc2cccc(F)c2)C1)NCc1cccc(Cl)c1. The Kier molecular flexibility index (Phi) is 7.47. The molecule has 0 spiro atoms. The van der Waals surface area contributed by atoms with Crippen LogP contribution in [0.4, 0.5) is 14.9 Å². The van der Waals surface area contributed by atoms with Crippen molar-refractivity contribution in [3.8, 4) is 0 Å². The molecule has 0 radical (unpaired) electrons. The van der Waals surface area contributed by atoms with Gasteiger partial charge >= 0.3 is 6.03 Å². The highest BCUT2D eigenvalue weighted by Crippen LogP contribution is 2.22. The van der Waals surface area contributed by atoms with Crippen molar-refractivity contribution in [2.45, 2.75) is 32.2 Å². The van der Waals surface area contributed by atoms with Gasteiger partial charge in [-0.3, -0.25) is 4.79 Å². The van der Waals surface area contributed by atoms with Gasteiger partial charge in [-0.25, -0.2) is 9.18 Å². The lowest BCUT2D eigenvalue weighted by atomic mass is 9.93. The molecule has 0 aromatic heterocycles. The van der Waals surface area contributed by atoms with Gasteiger partial charge in [-0.1, -0.05) is 29.8 Å². The molecule has 3 rings (SSSR count). The Hall–Kier alpha value is -2.60. The van der Waals surface area contributed by atoms with Gasteiger partial charge in [0.2, 0.25) is 5.91 Å². The molecule has 1 unspecified atom stereocenters. The highest BCUT2D eigenvalue weighted by Gasteiger charge is 2.24. The van der Waals surface area contributed by atoms with E-state index in [1.54, 1.807) is 23.1 Å². The Morgan fingerprint density at radius 3 is 2.79 bits per heavy atom. The second-order valence-corrected chi connectivity index (χ2v) is 7.78. The molecule has 1 heterocycles. The number of amides is 3. The number of benzene rings is 2. The molecule has 0 bridgehead atoms. The van der Waals surface area contributed by atoms with Crippen molar-refractivity contribution in [2.75, 3.05) is 18.4 Å². The fourth-order valence-corrected chi connectivity index (χ4v) is 3.74. The lowest BCUT2D eigenvalue weighted by Crippen LogP contribution is -2.42. The number of rotatable bonds is 6. The number of carbonyl (C=O) groups excluding carboxylic acids is 2. The van der Waals surface area contributed by atoms with Crippen LogP contribution < -0.4 is 10.6 Å². The molecule has 0 saturated carbocycles. The minimum atomic E-state index is -0.386. The van der Waals surface area contributed by atoms with Crippen LogP contribution in [0.15, 0.2) is 48.5 Å². The monoisotopic (exact) mass is 417 g/mol. The van der Waals surface area contributed by atoms with Gasteiger partial charge < -0.3 is 15.5 Å². The van der Waals surface area contributed by atoms with Crippen molar-refractivity contribution in [2.24, 2.45) is 5.92 Å². The lowest BCUT2D eigenvalue weighted by molar-refractivity contribution is -0.121. The Balaban J connectivity index is 1.42. The van der Waals surface area contributed by atoms with Gasteiger partial charge in [0.15, 0.2) is 0 Å². The predicted octanol–water partition coefficient (Wildman–Crippen LogP) is 4.82. The van der Waals surface area contributed by atoms with Gasteiger partial charge in [-0.2, -0.15) is 0 Å². The summed E-state index contributed by atoms with van der Waals surface area (Å²) < 4.78 is 13.3. The van der Waals surface area contributed by atoms with Gasteiger partial charge in [0.05, 0.1) is 0 Å². The lowest BCUT2D eigenvalue weighted by Gasteiger charge is -2.32. The minimum Gasteiger partial charge on any atom is -0.352 e. The number of hydrogen-bond donors (Lipinski definition) is 2. The predicted molar refractivity (Wildman–Crippen MR) is 112 cm³/mol. The maximum absolute atomic E-state index is 13.3. The summed E-state index contributed by atoms with van der Waals surface area (Å²) in [5.74, 6) is -0.117. The summed E-state index contributed by atoms with van der Waals surface area (Å²) in [6.45, 7) is 1.72. The van der Waals surface area contributed by atoms with E-state index in [0.29, 0.717) is 36.8 Å². The summed E-state index contributed by atoms with van der Waals surface area (Å²) in [7, 11) is 0. The standard InChI is InChI=1S/C22H25ClFN3O2/c23-18-6-1-4-17(12-18)14-25-21(28)10-9-16-5-3-11-27(15-16)22(29)26-20-8-2-7-19(24)13-20/h1-2,4,6-8,12-13,16H,3,5,9-11,14-15H2,(H,25,28)(H,26,29). The number of anilines is 1. The van der Waals surface area contributed by atoms with E-state index in [1.165, 1.54) is 12.1 Å².